The molecule has 3 aromatic carbocycles. The zero-order valence-corrected chi connectivity index (χ0v) is 27.6. The monoisotopic (exact) mass is 646 g/mol. The quantitative estimate of drug-likeness (QED) is 0.226. The van der Waals surface area contributed by atoms with E-state index in [4.69, 9.17) is 14.5 Å². The number of thiazole rings is 1. The van der Waals surface area contributed by atoms with E-state index in [-0.39, 0.29) is 17.4 Å². The maximum absolute atomic E-state index is 14.3. The molecule has 0 radical (unpaired) electrons. The Morgan fingerprint density at radius 3 is 2.43 bits per heavy atom. The number of hydrogen-bond donors (Lipinski definition) is 1. The summed E-state index contributed by atoms with van der Waals surface area (Å²) >= 11 is 1.29. The van der Waals surface area contributed by atoms with Crippen molar-refractivity contribution < 1.29 is 19.1 Å². The maximum atomic E-state index is 14.3. The molecule has 0 saturated heterocycles. The lowest BCUT2D eigenvalue weighted by molar-refractivity contribution is -0.113. The van der Waals surface area contributed by atoms with Crippen molar-refractivity contribution >= 4 is 35.0 Å². The average Bonchev–Trinajstić information content (AvgIpc) is 3.53. The number of anilines is 1. The number of fused-ring (bicyclic) bond motifs is 1. The first-order chi connectivity index (χ1) is 22.7. The van der Waals surface area contributed by atoms with Crippen LogP contribution in [0.4, 0.5) is 5.69 Å². The minimum absolute atomic E-state index is 0.248. The second-order valence-corrected chi connectivity index (χ2v) is 12.1. The molecule has 0 fully saturated rings. The summed E-state index contributed by atoms with van der Waals surface area (Å²) in [6.45, 7) is 7.87. The van der Waals surface area contributed by atoms with Crippen molar-refractivity contribution in [3.05, 3.63) is 144 Å². The summed E-state index contributed by atoms with van der Waals surface area (Å²) in [5, 5.41) is 2.98. The third kappa shape index (κ3) is 6.07. The number of nitrogens with zero attached hydrogens (tertiary/aromatic N) is 3. The molecule has 10 heteroatoms. The van der Waals surface area contributed by atoms with Crippen LogP contribution in [-0.2, 0) is 9.53 Å². The first kappa shape index (κ1) is 31.5. The lowest BCUT2D eigenvalue weighted by Crippen LogP contribution is -2.40. The van der Waals surface area contributed by atoms with E-state index < -0.39 is 6.04 Å². The summed E-state index contributed by atoms with van der Waals surface area (Å²) in [6.07, 6.45) is 1.88. The number of carbonyl (C=O) groups is 2. The van der Waals surface area contributed by atoms with E-state index in [1.54, 1.807) is 37.7 Å². The number of carbonyl (C=O) groups excluding carboxylic acids is 2. The Labute approximate surface area is 275 Å². The Bertz CT molecular complexity index is 2210. The smallest absolute Gasteiger partial charge is 0.338 e. The third-order valence-corrected chi connectivity index (χ3v) is 9.08. The fourth-order valence-corrected chi connectivity index (χ4v) is 6.93. The highest BCUT2D eigenvalue weighted by molar-refractivity contribution is 7.07. The molecular formula is C37H34N4O5S. The molecule has 1 aliphatic heterocycles. The van der Waals surface area contributed by atoms with Gasteiger partial charge in [0.25, 0.3) is 11.5 Å². The summed E-state index contributed by atoms with van der Waals surface area (Å²) in [4.78, 5) is 45.5. The Kier molecular flexibility index (Phi) is 8.78. The number of nitrogens with one attached hydrogen (secondary N) is 1. The number of aryl methyl sites for hydroxylation is 1. The molecule has 0 saturated carbocycles. The van der Waals surface area contributed by atoms with Crippen LogP contribution in [0.3, 0.4) is 0 Å². The SMILES string of the molecule is CCOC(=O)c1ccc(-n2c(C)cc(/C=c3\sc4n(c3=O)[C@@H](c3cccc(OC)c3)C(C(=O)Nc3ccccc3)=C(C)N=4)c2C)cc1. The molecule has 1 aliphatic rings. The highest BCUT2D eigenvalue weighted by Gasteiger charge is 2.33. The van der Waals surface area contributed by atoms with Gasteiger partial charge in [0.15, 0.2) is 4.80 Å². The van der Waals surface area contributed by atoms with Crippen LogP contribution < -0.4 is 24.9 Å². The number of allylic oxidation sites excluding steroid dienone is 1. The molecule has 47 heavy (non-hydrogen) atoms. The molecule has 0 bridgehead atoms. The van der Waals surface area contributed by atoms with Gasteiger partial charge >= 0.3 is 5.97 Å². The normalized spacial score (nSPS) is 14.4. The Morgan fingerprint density at radius 1 is 0.979 bits per heavy atom. The number of para-hydroxylation sites is 1. The number of methoxy groups -OCH3 is 1. The standard InChI is InChI=1S/C37H34N4O5S/c1-6-46-36(44)25-15-17-29(18-16-25)40-22(2)19-27(24(40)4)21-31-35(43)41-33(26-11-10-14-30(20-26)45-5)32(23(3)38-37(41)47-31)34(42)39-28-12-8-7-9-13-28/h7-21,33H,6H2,1-5H3,(H,39,42)/b31-21-/t33-/m0/s1. The number of ether oxygens (including phenoxy) is 2. The number of esters is 1. The third-order valence-electron chi connectivity index (χ3n) is 8.10. The number of amides is 1. The van der Waals surface area contributed by atoms with Gasteiger partial charge in [0.2, 0.25) is 0 Å². The molecule has 2 aromatic heterocycles. The van der Waals surface area contributed by atoms with Gasteiger partial charge in [-0.1, -0.05) is 41.7 Å². The van der Waals surface area contributed by atoms with Gasteiger partial charge in [-0.25, -0.2) is 9.79 Å². The number of hydrogen-bond acceptors (Lipinski definition) is 7. The van der Waals surface area contributed by atoms with Crippen molar-refractivity contribution in [2.24, 2.45) is 4.99 Å². The largest absolute Gasteiger partial charge is 0.497 e. The zero-order valence-electron chi connectivity index (χ0n) is 26.7. The van der Waals surface area contributed by atoms with Crippen molar-refractivity contribution in [3.8, 4) is 11.4 Å². The van der Waals surface area contributed by atoms with E-state index >= 15 is 0 Å². The van der Waals surface area contributed by atoms with Gasteiger partial charge < -0.3 is 19.4 Å². The molecule has 6 rings (SSSR count). The van der Waals surface area contributed by atoms with Crippen molar-refractivity contribution in [1.29, 1.82) is 0 Å². The van der Waals surface area contributed by atoms with E-state index in [0.717, 1.165) is 28.2 Å². The van der Waals surface area contributed by atoms with Crippen molar-refractivity contribution in [2.45, 2.75) is 33.7 Å². The van der Waals surface area contributed by atoms with Crippen molar-refractivity contribution in [2.75, 3.05) is 19.0 Å². The van der Waals surface area contributed by atoms with Crippen LogP contribution in [-0.4, -0.2) is 34.7 Å². The number of rotatable bonds is 8. The van der Waals surface area contributed by atoms with Crippen LogP contribution in [0.5, 0.6) is 5.75 Å². The molecule has 0 aliphatic carbocycles. The molecule has 0 spiro atoms. The molecule has 3 heterocycles. The van der Waals surface area contributed by atoms with E-state index in [2.05, 4.69) is 9.88 Å². The molecular weight excluding hydrogens is 612 g/mol. The average molecular weight is 647 g/mol. The highest BCUT2D eigenvalue weighted by atomic mass is 32.1. The fourth-order valence-electron chi connectivity index (χ4n) is 5.89. The van der Waals surface area contributed by atoms with Gasteiger partial charge in [-0.15, -0.1) is 0 Å². The zero-order chi connectivity index (χ0) is 33.2. The molecule has 1 amide bonds. The molecule has 238 valence electrons. The van der Waals surface area contributed by atoms with Crippen LogP contribution >= 0.6 is 11.3 Å². The minimum Gasteiger partial charge on any atom is -0.497 e. The van der Waals surface area contributed by atoms with Gasteiger partial charge in [0, 0.05) is 22.8 Å². The lowest BCUT2D eigenvalue weighted by atomic mass is 9.95. The minimum atomic E-state index is -0.724. The summed E-state index contributed by atoms with van der Waals surface area (Å²) in [5.74, 6) is -0.0823. The van der Waals surface area contributed by atoms with Crippen molar-refractivity contribution in [3.63, 3.8) is 0 Å². The van der Waals surface area contributed by atoms with Crippen LogP contribution in [0.15, 0.2) is 106 Å². The van der Waals surface area contributed by atoms with Crippen LogP contribution in [0.2, 0.25) is 0 Å². The summed E-state index contributed by atoms with van der Waals surface area (Å²) in [7, 11) is 1.58. The number of benzene rings is 3. The Morgan fingerprint density at radius 2 is 1.72 bits per heavy atom. The van der Waals surface area contributed by atoms with Gasteiger partial charge in [-0.3, -0.25) is 14.2 Å². The van der Waals surface area contributed by atoms with E-state index in [1.807, 2.05) is 92.7 Å². The first-order valence-electron chi connectivity index (χ1n) is 15.2. The molecule has 0 unspecified atom stereocenters. The Hall–Kier alpha value is -5.48. The van der Waals surface area contributed by atoms with Gasteiger partial charge in [0.1, 0.15) is 5.75 Å². The summed E-state index contributed by atoms with van der Waals surface area (Å²) < 4.78 is 14.8. The molecule has 5 aromatic rings. The second kappa shape index (κ2) is 13.1. The Balaban J connectivity index is 1.44. The molecule has 1 N–H and O–H groups in total. The maximum Gasteiger partial charge on any atom is 0.338 e. The fraction of sp³-hybridized carbons (Fsp3) is 0.189. The number of aromatic nitrogens is 2. The van der Waals surface area contributed by atoms with Crippen LogP contribution in [0, 0.1) is 13.8 Å². The van der Waals surface area contributed by atoms with Crippen molar-refractivity contribution in [1.82, 2.24) is 9.13 Å². The topological polar surface area (TPSA) is 104 Å². The van der Waals surface area contributed by atoms with E-state index in [0.29, 0.717) is 44.2 Å². The van der Waals surface area contributed by atoms with Crippen LogP contribution in [0.25, 0.3) is 11.8 Å². The molecule has 9 nitrogen and oxygen atoms in total. The first-order valence-corrected chi connectivity index (χ1v) is 16.0. The van der Waals surface area contributed by atoms with Gasteiger partial charge in [-0.2, -0.15) is 0 Å². The summed E-state index contributed by atoms with van der Waals surface area (Å²) in [5.41, 5.74) is 6.18. The van der Waals surface area contributed by atoms with Crippen LogP contribution in [0.1, 0.15) is 52.8 Å². The predicted molar refractivity (Wildman–Crippen MR) is 183 cm³/mol. The van der Waals surface area contributed by atoms with Gasteiger partial charge in [-0.05, 0) is 99.5 Å². The summed E-state index contributed by atoms with van der Waals surface area (Å²) in [6, 6.07) is 25.2. The predicted octanol–water partition coefficient (Wildman–Crippen LogP) is 5.47. The van der Waals surface area contributed by atoms with E-state index in [9.17, 15) is 14.4 Å². The van der Waals surface area contributed by atoms with E-state index in [1.165, 1.54) is 11.3 Å². The molecule has 1 atom stereocenters. The second-order valence-electron chi connectivity index (χ2n) is 11.1. The lowest BCUT2D eigenvalue weighted by Gasteiger charge is -2.25. The highest BCUT2D eigenvalue weighted by Crippen LogP contribution is 2.32. The van der Waals surface area contributed by atoms with Gasteiger partial charge in [0.05, 0.1) is 41.1 Å².